The second-order valence-corrected chi connectivity index (χ2v) is 5.57. The highest BCUT2D eigenvalue weighted by Crippen LogP contribution is 2.18. The number of rotatable bonds is 3. The molecule has 0 saturated carbocycles. The number of nitrogens with zero attached hydrogens (tertiary/aromatic N) is 2. The molecule has 1 aliphatic heterocycles. The molecule has 2 aromatic rings. The van der Waals surface area contributed by atoms with Crippen molar-refractivity contribution < 1.29 is 4.79 Å². The van der Waals surface area contributed by atoms with Crippen LogP contribution in [0.2, 0.25) is 0 Å². The van der Waals surface area contributed by atoms with E-state index in [0.29, 0.717) is 0 Å². The molecule has 5 heteroatoms. The van der Waals surface area contributed by atoms with E-state index >= 15 is 0 Å². The summed E-state index contributed by atoms with van der Waals surface area (Å²) in [6.45, 7) is 5.69. The van der Waals surface area contributed by atoms with Crippen LogP contribution in [0.5, 0.6) is 0 Å². The number of carbonyl (C=O) groups is 1. The Labute approximate surface area is 124 Å². The first-order chi connectivity index (χ1) is 10.1. The van der Waals surface area contributed by atoms with E-state index in [4.69, 9.17) is 0 Å². The highest BCUT2D eigenvalue weighted by Gasteiger charge is 2.22. The summed E-state index contributed by atoms with van der Waals surface area (Å²) in [7, 11) is 0. The highest BCUT2D eigenvalue weighted by atomic mass is 16.1. The minimum Gasteiger partial charge on any atom is -0.326 e. The molecule has 2 heterocycles. The van der Waals surface area contributed by atoms with Crippen LogP contribution in [0.1, 0.15) is 17.8 Å². The molecule has 1 fully saturated rings. The Morgan fingerprint density at radius 1 is 1.38 bits per heavy atom. The topological polar surface area (TPSA) is 59.0 Å². The lowest BCUT2D eigenvalue weighted by Gasteiger charge is -2.11. The van der Waals surface area contributed by atoms with Crippen LogP contribution >= 0.6 is 0 Å². The van der Waals surface area contributed by atoms with Crippen molar-refractivity contribution in [3.8, 4) is 5.69 Å². The Bertz CT molecular complexity index is 656. The third kappa shape index (κ3) is 2.97. The molecule has 1 aromatic heterocycles. The molecule has 1 saturated heterocycles. The molecule has 0 radical (unpaired) electrons. The van der Waals surface area contributed by atoms with Gasteiger partial charge in [-0.3, -0.25) is 4.79 Å². The van der Waals surface area contributed by atoms with Crippen molar-refractivity contribution in [3.63, 3.8) is 0 Å². The van der Waals surface area contributed by atoms with Gasteiger partial charge >= 0.3 is 0 Å². The van der Waals surface area contributed by atoms with Crippen LogP contribution in [-0.4, -0.2) is 28.8 Å². The average molecular weight is 284 g/mol. The minimum absolute atomic E-state index is 0.0716. The fourth-order valence-electron chi connectivity index (χ4n) is 2.73. The van der Waals surface area contributed by atoms with Gasteiger partial charge in [0.2, 0.25) is 5.91 Å². The monoisotopic (exact) mass is 284 g/mol. The number of amides is 1. The van der Waals surface area contributed by atoms with E-state index in [2.05, 4.69) is 15.7 Å². The van der Waals surface area contributed by atoms with Crippen LogP contribution in [0.15, 0.2) is 30.3 Å². The number of aryl methyl sites for hydroxylation is 2. The SMILES string of the molecule is Cc1cc(C)n(-c2cccc(NC(=O)C3CCNC3)c2)n1. The third-order valence-electron chi connectivity index (χ3n) is 3.80. The van der Waals surface area contributed by atoms with E-state index in [-0.39, 0.29) is 11.8 Å². The Balaban J connectivity index is 1.80. The van der Waals surface area contributed by atoms with E-state index in [1.54, 1.807) is 0 Å². The predicted octanol–water partition coefficient (Wildman–Crippen LogP) is 2.04. The van der Waals surface area contributed by atoms with Gasteiger partial charge in [0.15, 0.2) is 0 Å². The zero-order valence-electron chi connectivity index (χ0n) is 12.4. The molecular weight excluding hydrogens is 264 g/mol. The maximum Gasteiger partial charge on any atom is 0.228 e. The molecule has 1 unspecified atom stereocenters. The molecule has 21 heavy (non-hydrogen) atoms. The zero-order valence-corrected chi connectivity index (χ0v) is 12.4. The Morgan fingerprint density at radius 2 is 2.24 bits per heavy atom. The second-order valence-electron chi connectivity index (χ2n) is 5.57. The van der Waals surface area contributed by atoms with Crippen molar-refractivity contribution in [2.45, 2.75) is 20.3 Å². The summed E-state index contributed by atoms with van der Waals surface area (Å²) >= 11 is 0. The van der Waals surface area contributed by atoms with Gasteiger partial charge in [-0.15, -0.1) is 0 Å². The number of anilines is 1. The lowest BCUT2D eigenvalue weighted by molar-refractivity contribution is -0.119. The second kappa shape index (κ2) is 5.69. The van der Waals surface area contributed by atoms with Crippen molar-refractivity contribution in [2.24, 2.45) is 5.92 Å². The summed E-state index contributed by atoms with van der Waals surface area (Å²) in [4.78, 5) is 12.2. The molecule has 110 valence electrons. The van der Waals surface area contributed by atoms with E-state index in [0.717, 1.165) is 42.3 Å². The number of carbonyl (C=O) groups excluding carboxylic acids is 1. The Kier molecular flexibility index (Phi) is 3.75. The van der Waals surface area contributed by atoms with Crippen LogP contribution in [0, 0.1) is 19.8 Å². The summed E-state index contributed by atoms with van der Waals surface area (Å²) < 4.78 is 1.89. The van der Waals surface area contributed by atoms with Gasteiger partial charge in [0.05, 0.1) is 17.3 Å². The lowest BCUT2D eigenvalue weighted by atomic mass is 10.1. The van der Waals surface area contributed by atoms with Crippen LogP contribution in [0.25, 0.3) is 5.69 Å². The molecule has 1 atom stereocenters. The molecular formula is C16H20N4O. The van der Waals surface area contributed by atoms with Gasteiger partial charge in [0.1, 0.15) is 0 Å². The largest absolute Gasteiger partial charge is 0.326 e. The van der Waals surface area contributed by atoms with Gasteiger partial charge in [0.25, 0.3) is 0 Å². The molecule has 1 aliphatic rings. The quantitative estimate of drug-likeness (QED) is 0.906. The first kappa shape index (κ1) is 13.8. The first-order valence-electron chi connectivity index (χ1n) is 7.29. The van der Waals surface area contributed by atoms with Crippen molar-refractivity contribution in [3.05, 3.63) is 41.7 Å². The molecule has 3 rings (SSSR count). The first-order valence-corrected chi connectivity index (χ1v) is 7.29. The van der Waals surface area contributed by atoms with Crippen LogP contribution in [-0.2, 0) is 4.79 Å². The predicted molar refractivity (Wildman–Crippen MR) is 82.6 cm³/mol. The number of hydrogen-bond acceptors (Lipinski definition) is 3. The van der Waals surface area contributed by atoms with Gasteiger partial charge in [-0.05, 0) is 51.1 Å². The van der Waals surface area contributed by atoms with Crippen molar-refractivity contribution in [2.75, 3.05) is 18.4 Å². The third-order valence-corrected chi connectivity index (χ3v) is 3.80. The number of hydrogen-bond donors (Lipinski definition) is 2. The number of nitrogens with one attached hydrogen (secondary N) is 2. The van der Waals surface area contributed by atoms with Gasteiger partial charge in [0, 0.05) is 17.9 Å². The summed E-state index contributed by atoms with van der Waals surface area (Å²) in [5.74, 6) is 0.160. The van der Waals surface area contributed by atoms with Crippen molar-refractivity contribution in [1.82, 2.24) is 15.1 Å². The smallest absolute Gasteiger partial charge is 0.228 e. The van der Waals surface area contributed by atoms with Gasteiger partial charge in [-0.25, -0.2) is 4.68 Å². The molecule has 2 N–H and O–H groups in total. The summed E-state index contributed by atoms with van der Waals surface area (Å²) in [6, 6.07) is 9.84. The summed E-state index contributed by atoms with van der Waals surface area (Å²) in [5.41, 5.74) is 3.84. The molecule has 1 aromatic carbocycles. The maximum atomic E-state index is 12.2. The summed E-state index contributed by atoms with van der Waals surface area (Å²) in [5, 5.41) is 10.7. The zero-order chi connectivity index (χ0) is 14.8. The van der Waals surface area contributed by atoms with Crippen LogP contribution < -0.4 is 10.6 Å². The van der Waals surface area contributed by atoms with Crippen LogP contribution in [0.4, 0.5) is 5.69 Å². The lowest BCUT2D eigenvalue weighted by Crippen LogP contribution is -2.24. The molecule has 5 nitrogen and oxygen atoms in total. The molecule has 0 aliphatic carbocycles. The van der Waals surface area contributed by atoms with E-state index in [1.165, 1.54) is 0 Å². The standard InChI is InChI=1S/C16H20N4O/c1-11-8-12(2)20(19-11)15-5-3-4-14(9-15)18-16(21)13-6-7-17-10-13/h3-5,8-9,13,17H,6-7,10H2,1-2H3,(H,18,21). The Morgan fingerprint density at radius 3 is 2.90 bits per heavy atom. The van der Waals surface area contributed by atoms with Gasteiger partial charge in [-0.2, -0.15) is 5.10 Å². The van der Waals surface area contributed by atoms with Gasteiger partial charge in [-0.1, -0.05) is 6.07 Å². The average Bonchev–Trinajstić information content (AvgIpc) is 3.08. The van der Waals surface area contributed by atoms with E-state index < -0.39 is 0 Å². The fourth-order valence-corrected chi connectivity index (χ4v) is 2.73. The highest BCUT2D eigenvalue weighted by molar-refractivity contribution is 5.93. The minimum atomic E-state index is 0.0716. The van der Waals surface area contributed by atoms with Crippen LogP contribution in [0.3, 0.4) is 0 Å². The number of aromatic nitrogens is 2. The van der Waals surface area contributed by atoms with Gasteiger partial charge < -0.3 is 10.6 Å². The van der Waals surface area contributed by atoms with Crippen molar-refractivity contribution in [1.29, 1.82) is 0 Å². The molecule has 0 spiro atoms. The van der Waals surface area contributed by atoms with E-state index in [1.807, 2.05) is 48.9 Å². The Hall–Kier alpha value is -2.14. The van der Waals surface area contributed by atoms with E-state index in [9.17, 15) is 4.79 Å². The maximum absolute atomic E-state index is 12.2. The summed E-state index contributed by atoms with van der Waals surface area (Å²) in [6.07, 6.45) is 0.906. The number of benzene rings is 1. The fraction of sp³-hybridized carbons (Fsp3) is 0.375. The van der Waals surface area contributed by atoms with Crippen molar-refractivity contribution >= 4 is 11.6 Å². The normalized spacial score (nSPS) is 17.9. The molecule has 1 amide bonds. The molecule has 0 bridgehead atoms.